The molecule has 0 radical (unpaired) electrons. The molecule has 0 spiro atoms. The summed E-state index contributed by atoms with van der Waals surface area (Å²) in [5.74, 6) is 0.949. The maximum absolute atomic E-state index is 9.42. The van der Waals surface area contributed by atoms with Crippen LogP contribution in [0, 0.1) is 0 Å². The highest BCUT2D eigenvalue weighted by Gasteiger charge is 2.28. The second kappa shape index (κ2) is 6.43. The lowest BCUT2D eigenvalue weighted by Gasteiger charge is -2.34. The Kier molecular flexibility index (Phi) is 4.14. The zero-order chi connectivity index (χ0) is 16.5. The predicted molar refractivity (Wildman–Crippen MR) is 95.2 cm³/mol. The van der Waals surface area contributed by atoms with E-state index in [9.17, 15) is 5.11 Å². The van der Waals surface area contributed by atoms with E-state index in [1.54, 1.807) is 0 Å². The van der Waals surface area contributed by atoms with Crippen LogP contribution in [0.15, 0.2) is 48.5 Å². The van der Waals surface area contributed by atoms with Crippen molar-refractivity contribution in [1.29, 1.82) is 0 Å². The number of nitrogens with zero attached hydrogens (tertiary/aromatic N) is 3. The third kappa shape index (κ3) is 2.86. The average molecular weight is 344 g/mol. The first kappa shape index (κ1) is 15.4. The minimum Gasteiger partial charge on any atom is -0.395 e. The molecule has 2 N–H and O–H groups in total. The Hall–Kier alpha value is -2.08. The maximum atomic E-state index is 9.42. The van der Waals surface area contributed by atoms with Gasteiger partial charge in [-0.05, 0) is 24.3 Å². The van der Waals surface area contributed by atoms with Crippen molar-refractivity contribution >= 4 is 28.6 Å². The number of β-amino-alcohol motifs (C(OH)–C–C–N with tert-alkyl or cyclic N) is 1. The fraction of sp³-hybridized carbons (Fsp3) is 0.278. The van der Waals surface area contributed by atoms with E-state index in [4.69, 9.17) is 16.6 Å². The molecule has 1 aliphatic rings. The van der Waals surface area contributed by atoms with Gasteiger partial charge in [-0.15, -0.1) is 0 Å². The van der Waals surface area contributed by atoms with Crippen molar-refractivity contribution in [2.45, 2.75) is 13.2 Å². The smallest absolute Gasteiger partial charge is 0.215 e. The van der Waals surface area contributed by atoms with Crippen LogP contribution in [0.25, 0.3) is 11.0 Å². The number of quaternary nitrogens is 1. The molecular formula is C18H20ClN4O+. The van der Waals surface area contributed by atoms with Gasteiger partial charge >= 0.3 is 0 Å². The average Bonchev–Trinajstić information content (AvgIpc) is 2.96. The predicted octanol–water partition coefficient (Wildman–Crippen LogP) is 1.50. The summed E-state index contributed by atoms with van der Waals surface area (Å²) in [7, 11) is 0. The number of aliphatic hydroxyl groups excluding tert-OH is 1. The number of anilines is 1. The summed E-state index contributed by atoms with van der Waals surface area (Å²) in [5, 5.41) is 10.2. The molecule has 0 saturated carbocycles. The van der Waals surface area contributed by atoms with Crippen LogP contribution in [0.2, 0.25) is 5.02 Å². The Labute approximate surface area is 145 Å². The first-order valence-electron chi connectivity index (χ1n) is 8.13. The number of hydrogen-bond donors (Lipinski definition) is 2. The molecule has 1 unspecified atom stereocenters. The number of nitrogens with one attached hydrogen (secondary N) is 1. The number of fused-ring (bicyclic) bond motifs is 3. The van der Waals surface area contributed by atoms with Gasteiger partial charge in [-0.2, -0.15) is 0 Å². The van der Waals surface area contributed by atoms with E-state index in [0.717, 1.165) is 41.9 Å². The molecule has 1 aromatic heterocycles. The minimum atomic E-state index is 0.122. The monoisotopic (exact) mass is 343 g/mol. The van der Waals surface area contributed by atoms with Gasteiger partial charge in [0.05, 0.1) is 17.6 Å². The number of hydrogen-bond acceptors (Lipinski definition) is 3. The molecule has 0 saturated heterocycles. The van der Waals surface area contributed by atoms with Gasteiger partial charge in [0.2, 0.25) is 5.95 Å². The molecule has 24 heavy (non-hydrogen) atoms. The molecular weight excluding hydrogens is 324 g/mol. The molecule has 4 rings (SSSR count). The molecule has 0 aliphatic carbocycles. The van der Waals surface area contributed by atoms with Gasteiger partial charge in [-0.1, -0.05) is 35.9 Å². The van der Waals surface area contributed by atoms with Crippen molar-refractivity contribution in [2.24, 2.45) is 0 Å². The molecule has 124 valence electrons. The molecule has 2 heterocycles. The van der Waals surface area contributed by atoms with Gasteiger partial charge in [0, 0.05) is 17.1 Å². The van der Waals surface area contributed by atoms with Crippen molar-refractivity contribution in [3.8, 4) is 0 Å². The third-order valence-electron chi connectivity index (χ3n) is 4.45. The van der Waals surface area contributed by atoms with E-state index in [1.165, 1.54) is 10.5 Å². The Morgan fingerprint density at radius 1 is 1.08 bits per heavy atom. The first-order valence-corrected chi connectivity index (χ1v) is 8.51. The summed E-state index contributed by atoms with van der Waals surface area (Å²) in [6, 6.07) is 16.2. The lowest BCUT2D eigenvalue weighted by atomic mass is 10.2. The molecule has 6 heteroatoms. The molecule has 2 aromatic carbocycles. The van der Waals surface area contributed by atoms with E-state index < -0.39 is 0 Å². The summed E-state index contributed by atoms with van der Waals surface area (Å²) in [6.45, 7) is 3.31. The molecule has 1 aliphatic heterocycles. The normalized spacial score (nSPS) is 17.2. The van der Waals surface area contributed by atoms with Crippen molar-refractivity contribution < 1.29 is 10.0 Å². The molecule has 1 atom stereocenters. The first-order chi connectivity index (χ1) is 11.7. The summed E-state index contributed by atoms with van der Waals surface area (Å²) in [4.78, 5) is 8.32. The number of para-hydroxylation sites is 2. The van der Waals surface area contributed by atoms with Crippen LogP contribution in [0.5, 0.6) is 0 Å². The van der Waals surface area contributed by atoms with Crippen LogP contribution in [0.3, 0.4) is 0 Å². The summed E-state index contributed by atoms with van der Waals surface area (Å²) >= 11 is 5.98. The van der Waals surface area contributed by atoms with Crippen molar-refractivity contribution in [1.82, 2.24) is 9.55 Å². The van der Waals surface area contributed by atoms with E-state index >= 15 is 0 Å². The van der Waals surface area contributed by atoms with E-state index in [2.05, 4.69) is 27.7 Å². The number of halogens is 1. The minimum absolute atomic E-state index is 0.122. The van der Waals surface area contributed by atoms with Crippen LogP contribution in [0.1, 0.15) is 5.56 Å². The Bertz CT molecular complexity index is 846. The largest absolute Gasteiger partial charge is 0.395 e. The third-order valence-corrected chi connectivity index (χ3v) is 4.70. The molecule has 0 fully saturated rings. The zero-order valence-corrected chi connectivity index (χ0v) is 14.1. The Morgan fingerprint density at radius 3 is 2.67 bits per heavy atom. The fourth-order valence-electron chi connectivity index (χ4n) is 3.38. The van der Waals surface area contributed by atoms with E-state index in [1.807, 2.05) is 30.3 Å². The topological polar surface area (TPSA) is 45.7 Å². The number of imidazole rings is 1. The number of aromatic nitrogens is 2. The van der Waals surface area contributed by atoms with Crippen LogP contribution in [-0.2, 0) is 13.2 Å². The number of benzene rings is 2. The molecule has 5 nitrogen and oxygen atoms in total. The SMILES string of the molecule is OCCN1C[NH+](Cc2ccc(Cl)cc2)Cn2c1nc1ccccc12. The lowest BCUT2D eigenvalue weighted by molar-refractivity contribution is -0.938. The van der Waals surface area contributed by atoms with Crippen molar-refractivity contribution in [3.63, 3.8) is 0 Å². The zero-order valence-electron chi connectivity index (χ0n) is 13.3. The van der Waals surface area contributed by atoms with Crippen LogP contribution in [-0.4, -0.2) is 34.5 Å². The van der Waals surface area contributed by atoms with Gasteiger partial charge in [-0.25, -0.2) is 4.98 Å². The Morgan fingerprint density at radius 2 is 1.88 bits per heavy atom. The Balaban J connectivity index is 1.66. The fourth-order valence-corrected chi connectivity index (χ4v) is 3.50. The highest BCUT2D eigenvalue weighted by Crippen LogP contribution is 2.22. The summed E-state index contributed by atoms with van der Waals surface area (Å²) < 4.78 is 2.25. The number of aliphatic hydroxyl groups is 1. The van der Waals surface area contributed by atoms with E-state index in [0.29, 0.717) is 6.54 Å². The van der Waals surface area contributed by atoms with Crippen molar-refractivity contribution in [3.05, 3.63) is 59.1 Å². The molecule has 0 amide bonds. The molecule has 0 bridgehead atoms. The quantitative estimate of drug-likeness (QED) is 0.754. The van der Waals surface area contributed by atoms with Crippen LogP contribution in [0.4, 0.5) is 5.95 Å². The summed E-state index contributed by atoms with van der Waals surface area (Å²) in [6.07, 6.45) is 0. The second-order valence-electron chi connectivity index (χ2n) is 6.19. The van der Waals surface area contributed by atoms with Gasteiger partial charge in [-0.3, -0.25) is 14.4 Å². The van der Waals surface area contributed by atoms with Crippen LogP contribution >= 0.6 is 11.6 Å². The highest BCUT2D eigenvalue weighted by molar-refractivity contribution is 6.30. The van der Waals surface area contributed by atoms with Gasteiger partial charge in [0.25, 0.3) is 0 Å². The second-order valence-corrected chi connectivity index (χ2v) is 6.62. The van der Waals surface area contributed by atoms with Crippen molar-refractivity contribution in [2.75, 3.05) is 24.7 Å². The van der Waals surface area contributed by atoms with Gasteiger partial charge in [0.15, 0.2) is 13.3 Å². The van der Waals surface area contributed by atoms with Gasteiger partial charge < -0.3 is 5.11 Å². The molecule has 3 aromatic rings. The standard InChI is InChI=1S/C18H19ClN4O/c19-15-7-5-14(6-8-15)11-21-12-22(9-10-24)18-20-16-3-1-2-4-17(16)23(18)13-21/h1-8,24H,9-13H2/p+1. The highest BCUT2D eigenvalue weighted by atomic mass is 35.5. The van der Waals surface area contributed by atoms with E-state index in [-0.39, 0.29) is 6.61 Å². The maximum Gasteiger partial charge on any atom is 0.215 e. The van der Waals surface area contributed by atoms with Gasteiger partial charge in [0.1, 0.15) is 6.54 Å². The van der Waals surface area contributed by atoms with Crippen LogP contribution < -0.4 is 9.80 Å². The summed E-state index contributed by atoms with van der Waals surface area (Å²) in [5.41, 5.74) is 3.40. The number of rotatable bonds is 4. The lowest BCUT2D eigenvalue weighted by Crippen LogP contribution is -3.12.